The van der Waals surface area contributed by atoms with Gasteiger partial charge in [-0.25, -0.2) is 10.1 Å². The molecule has 17 heavy (non-hydrogen) atoms. The molecule has 2 aromatic heterocycles. The number of hydrogen-bond donors (Lipinski definition) is 1. The van der Waals surface area contributed by atoms with Crippen molar-refractivity contribution in [2.75, 3.05) is 11.4 Å². The van der Waals surface area contributed by atoms with E-state index in [9.17, 15) is 0 Å². The SMILES string of the molecule is CCn1c(N2CCn3ccnc3C2)n[nH]c1=S. The molecule has 0 amide bonds. The molecule has 0 fully saturated rings. The van der Waals surface area contributed by atoms with Crippen molar-refractivity contribution in [3.05, 3.63) is 23.0 Å². The zero-order valence-electron chi connectivity index (χ0n) is 9.63. The predicted molar refractivity (Wildman–Crippen MR) is 66.4 cm³/mol. The van der Waals surface area contributed by atoms with Crippen LogP contribution in [0.4, 0.5) is 5.95 Å². The molecular weight excluding hydrogens is 236 g/mol. The number of anilines is 1. The number of nitrogens with one attached hydrogen (secondary N) is 1. The molecule has 3 rings (SSSR count). The van der Waals surface area contributed by atoms with E-state index in [1.54, 1.807) is 0 Å². The van der Waals surface area contributed by atoms with E-state index in [2.05, 4.69) is 31.6 Å². The number of rotatable bonds is 2. The molecule has 2 aromatic rings. The van der Waals surface area contributed by atoms with Crippen LogP contribution in [-0.2, 0) is 19.6 Å². The Morgan fingerprint density at radius 3 is 3.18 bits per heavy atom. The molecule has 7 heteroatoms. The summed E-state index contributed by atoms with van der Waals surface area (Å²) in [5, 5.41) is 7.15. The fraction of sp³-hybridized carbons (Fsp3) is 0.500. The van der Waals surface area contributed by atoms with E-state index in [1.165, 1.54) is 0 Å². The second-order valence-corrected chi connectivity index (χ2v) is 4.42. The van der Waals surface area contributed by atoms with Crippen LogP contribution in [0.15, 0.2) is 12.4 Å². The molecule has 3 heterocycles. The second-order valence-electron chi connectivity index (χ2n) is 4.03. The molecule has 0 bridgehead atoms. The van der Waals surface area contributed by atoms with Crippen molar-refractivity contribution in [1.82, 2.24) is 24.3 Å². The molecule has 0 saturated heterocycles. The minimum atomic E-state index is 0.677. The number of aromatic nitrogens is 5. The first-order chi connectivity index (χ1) is 8.29. The van der Waals surface area contributed by atoms with Crippen LogP contribution in [0.25, 0.3) is 0 Å². The third kappa shape index (κ3) is 1.66. The fourth-order valence-electron chi connectivity index (χ4n) is 2.18. The number of nitrogens with zero attached hydrogens (tertiary/aromatic N) is 5. The number of hydrogen-bond acceptors (Lipinski definition) is 4. The Morgan fingerprint density at radius 1 is 1.47 bits per heavy atom. The van der Waals surface area contributed by atoms with Crippen LogP contribution in [0.1, 0.15) is 12.7 Å². The van der Waals surface area contributed by atoms with Gasteiger partial charge in [0.05, 0.1) is 6.54 Å². The summed E-state index contributed by atoms with van der Waals surface area (Å²) in [5.74, 6) is 1.99. The first-order valence-electron chi connectivity index (χ1n) is 5.69. The Labute approximate surface area is 104 Å². The van der Waals surface area contributed by atoms with Gasteiger partial charge >= 0.3 is 0 Å². The molecule has 0 aromatic carbocycles. The Hall–Kier alpha value is -1.63. The van der Waals surface area contributed by atoms with Gasteiger partial charge in [-0.05, 0) is 19.1 Å². The maximum absolute atomic E-state index is 5.20. The summed E-state index contributed by atoms with van der Waals surface area (Å²) in [4.78, 5) is 6.55. The molecule has 90 valence electrons. The summed E-state index contributed by atoms with van der Waals surface area (Å²) in [6.45, 7) is 5.56. The Morgan fingerprint density at radius 2 is 2.35 bits per heavy atom. The van der Waals surface area contributed by atoms with E-state index in [0.717, 1.165) is 38.0 Å². The summed E-state index contributed by atoms with van der Waals surface area (Å²) in [6, 6.07) is 0. The van der Waals surface area contributed by atoms with Crippen LogP contribution >= 0.6 is 12.2 Å². The quantitative estimate of drug-likeness (QED) is 0.813. The van der Waals surface area contributed by atoms with Crippen molar-refractivity contribution in [2.45, 2.75) is 26.6 Å². The maximum atomic E-state index is 5.20. The van der Waals surface area contributed by atoms with Crippen LogP contribution in [0.2, 0.25) is 0 Å². The minimum absolute atomic E-state index is 0.677. The predicted octanol–water partition coefficient (Wildman–Crippen LogP) is 1.18. The number of aromatic amines is 1. The largest absolute Gasteiger partial charge is 0.332 e. The Kier molecular flexibility index (Phi) is 2.47. The smallest absolute Gasteiger partial charge is 0.226 e. The number of H-pyrrole nitrogens is 1. The maximum Gasteiger partial charge on any atom is 0.226 e. The standard InChI is InChI=1S/C10H14N6S/c1-2-16-9(12-13-10(16)17)15-6-5-14-4-3-11-8(14)7-15/h3-4H,2,5-7H2,1H3,(H,13,17). The molecule has 0 aliphatic carbocycles. The van der Waals surface area contributed by atoms with Crippen molar-refractivity contribution < 1.29 is 0 Å². The lowest BCUT2D eigenvalue weighted by molar-refractivity contribution is 0.541. The zero-order chi connectivity index (χ0) is 11.8. The van der Waals surface area contributed by atoms with Crippen molar-refractivity contribution in [1.29, 1.82) is 0 Å². The van der Waals surface area contributed by atoms with E-state index in [4.69, 9.17) is 12.2 Å². The van der Waals surface area contributed by atoms with Crippen LogP contribution in [0, 0.1) is 4.77 Å². The van der Waals surface area contributed by atoms with Crippen molar-refractivity contribution in [2.24, 2.45) is 0 Å². The molecule has 0 radical (unpaired) electrons. The monoisotopic (exact) mass is 250 g/mol. The molecule has 0 spiro atoms. The lowest BCUT2D eigenvalue weighted by atomic mass is 10.4. The van der Waals surface area contributed by atoms with Crippen LogP contribution in [0.5, 0.6) is 0 Å². The number of imidazole rings is 1. The molecule has 0 saturated carbocycles. The Bertz CT molecular complexity index is 580. The van der Waals surface area contributed by atoms with Crippen molar-refractivity contribution in [3.8, 4) is 0 Å². The molecule has 0 atom stereocenters. The van der Waals surface area contributed by atoms with Gasteiger partial charge in [0.25, 0.3) is 0 Å². The lowest BCUT2D eigenvalue weighted by Gasteiger charge is -2.28. The summed E-state index contributed by atoms with van der Waals surface area (Å²) in [5.41, 5.74) is 0. The van der Waals surface area contributed by atoms with E-state index in [1.807, 2.05) is 17.0 Å². The molecule has 6 nitrogen and oxygen atoms in total. The summed E-state index contributed by atoms with van der Waals surface area (Å²) in [7, 11) is 0. The van der Waals surface area contributed by atoms with Gasteiger partial charge in [0, 0.05) is 32.0 Å². The first kappa shape index (κ1) is 10.5. The van der Waals surface area contributed by atoms with E-state index < -0.39 is 0 Å². The normalized spacial score (nSPS) is 15.0. The third-order valence-corrected chi connectivity index (χ3v) is 3.39. The van der Waals surface area contributed by atoms with Gasteiger partial charge in [0.1, 0.15) is 5.82 Å². The van der Waals surface area contributed by atoms with E-state index in [-0.39, 0.29) is 0 Å². The first-order valence-corrected chi connectivity index (χ1v) is 6.10. The topological polar surface area (TPSA) is 54.7 Å². The van der Waals surface area contributed by atoms with Crippen molar-refractivity contribution in [3.63, 3.8) is 0 Å². The van der Waals surface area contributed by atoms with Crippen LogP contribution in [0.3, 0.4) is 0 Å². The highest BCUT2D eigenvalue weighted by Crippen LogP contribution is 2.18. The van der Waals surface area contributed by atoms with Crippen molar-refractivity contribution >= 4 is 18.2 Å². The van der Waals surface area contributed by atoms with Gasteiger partial charge in [0.15, 0.2) is 4.77 Å². The highest BCUT2D eigenvalue weighted by atomic mass is 32.1. The van der Waals surface area contributed by atoms with Gasteiger partial charge in [-0.1, -0.05) is 0 Å². The van der Waals surface area contributed by atoms with E-state index >= 15 is 0 Å². The van der Waals surface area contributed by atoms with E-state index in [0.29, 0.717) is 4.77 Å². The van der Waals surface area contributed by atoms with Gasteiger partial charge in [0.2, 0.25) is 5.95 Å². The van der Waals surface area contributed by atoms with Crippen LogP contribution < -0.4 is 4.90 Å². The van der Waals surface area contributed by atoms with Gasteiger partial charge < -0.3 is 9.47 Å². The second kappa shape index (κ2) is 3.99. The molecule has 0 unspecified atom stereocenters. The van der Waals surface area contributed by atoms with Gasteiger partial charge in [-0.3, -0.25) is 4.57 Å². The molecule has 1 aliphatic rings. The average Bonchev–Trinajstić information content (AvgIpc) is 2.93. The number of fused-ring (bicyclic) bond motifs is 1. The van der Waals surface area contributed by atoms with Crippen LogP contribution in [-0.4, -0.2) is 30.9 Å². The molecule has 1 N–H and O–H groups in total. The molecule has 1 aliphatic heterocycles. The average molecular weight is 250 g/mol. The van der Waals surface area contributed by atoms with Gasteiger partial charge in [-0.15, -0.1) is 5.10 Å². The third-order valence-electron chi connectivity index (χ3n) is 3.08. The Balaban J connectivity index is 1.94. The molecular formula is C10H14N6S. The lowest BCUT2D eigenvalue weighted by Crippen LogP contribution is -2.35. The summed E-state index contributed by atoms with van der Waals surface area (Å²) in [6.07, 6.45) is 3.86. The highest BCUT2D eigenvalue weighted by molar-refractivity contribution is 7.71. The zero-order valence-corrected chi connectivity index (χ0v) is 10.4. The van der Waals surface area contributed by atoms with Gasteiger partial charge in [-0.2, -0.15) is 0 Å². The fourth-order valence-corrected chi connectivity index (χ4v) is 2.44. The minimum Gasteiger partial charge on any atom is -0.332 e. The highest BCUT2D eigenvalue weighted by Gasteiger charge is 2.20. The summed E-state index contributed by atoms with van der Waals surface area (Å²) < 4.78 is 4.86. The summed E-state index contributed by atoms with van der Waals surface area (Å²) >= 11 is 5.20.